The number of aromatic carboxylic acids is 1. The topological polar surface area (TPSA) is 68.0 Å². The van der Waals surface area contributed by atoms with E-state index in [0.29, 0.717) is 27.7 Å². The van der Waals surface area contributed by atoms with Gasteiger partial charge in [0.2, 0.25) is 0 Å². The van der Waals surface area contributed by atoms with Crippen LogP contribution in [-0.2, 0) is 0 Å². The fourth-order valence-corrected chi connectivity index (χ4v) is 2.54. The zero-order valence-corrected chi connectivity index (χ0v) is 12.4. The smallest absolute Gasteiger partial charge is 0.339 e. The molecule has 0 aliphatic heterocycles. The van der Waals surface area contributed by atoms with Crippen molar-refractivity contribution in [2.24, 2.45) is 0 Å². The van der Waals surface area contributed by atoms with Crippen molar-refractivity contribution in [3.05, 3.63) is 65.1 Å². The average molecular weight is 314 g/mol. The number of aromatic nitrogens is 3. The molecule has 1 N–H and O–H groups in total. The molecule has 0 bridgehead atoms. The molecule has 0 radical (unpaired) electrons. The Morgan fingerprint density at radius 2 is 1.86 bits per heavy atom. The molecule has 22 heavy (non-hydrogen) atoms. The van der Waals surface area contributed by atoms with Crippen molar-refractivity contribution in [3.63, 3.8) is 0 Å². The first kappa shape index (κ1) is 14.3. The maximum absolute atomic E-state index is 11.6. The number of carbonyl (C=O) groups is 1. The average Bonchev–Trinajstić information content (AvgIpc) is 2.86. The fourth-order valence-electron chi connectivity index (χ4n) is 2.33. The predicted octanol–water partition coefficient (Wildman–Crippen LogP) is 3.59. The Kier molecular flexibility index (Phi) is 3.65. The van der Waals surface area contributed by atoms with Crippen molar-refractivity contribution in [2.45, 2.75) is 6.92 Å². The van der Waals surface area contributed by atoms with E-state index in [1.165, 1.54) is 0 Å². The molecule has 2 aromatic heterocycles. The highest BCUT2D eigenvalue weighted by Gasteiger charge is 2.23. The number of hydrogen-bond acceptors (Lipinski definition) is 3. The summed E-state index contributed by atoms with van der Waals surface area (Å²) in [5.74, 6) is -1.03. The Bertz CT molecular complexity index is 844. The van der Waals surface area contributed by atoms with Gasteiger partial charge in [-0.25, -0.2) is 9.48 Å². The number of benzene rings is 1. The molecular formula is C16H12ClN3O2. The van der Waals surface area contributed by atoms with Gasteiger partial charge in [-0.2, -0.15) is 5.10 Å². The van der Waals surface area contributed by atoms with Crippen molar-refractivity contribution in [1.82, 2.24) is 14.8 Å². The van der Waals surface area contributed by atoms with Crippen molar-refractivity contribution in [1.29, 1.82) is 0 Å². The van der Waals surface area contributed by atoms with Gasteiger partial charge in [0, 0.05) is 18.0 Å². The predicted molar refractivity (Wildman–Crippen MR) is 83.5 cm³/mol. The van der Waals surface area contributed by atoms with Crippen LogP contribution in [0.4, 0.5) is 0 Å². The van der Waals surface area contributed by atoms with Crippen LogP contribution < -0.4 is 0 Å². The zero-order chi connectivity index (χ0) is 15.7. The Morgan fingerprint density at radius 3 is 2.50 bits per heavy atom. The highest BCUT2D eigenvalue weighted by molar-refractivity contribution is 6.32. The van der Waals surface area contributed by atoms with Crippen LogP contribution in [0.5, 0.6) is 0 Å². The van der Waals surface area contributed by atoms with Gasteiger partial charge in [-0.1, -0.05) is 23.7 Å². The number of halogens is 1. The SMILES string of the molecule is Cc1c(C(=O)O)c(-c2ccncc2)nn1-c1ccccc1Cl. The number of hydrogen-bond donors (Lipinski definition) is 1. The molecule has 0 fully saturated rings. The molecule has 0 aliphatic carbocycles. The van der Waals surface area contributed by atoms with Gasteiger partial charge in [0.25, 0.3) is 0 Å². The summed E-state index contributed by atoms with van der Waals surface area (Å²) in [7, 11) is 0. The van der Waals surface area contributed by atoms with Crippen LogP contribution in [0.1, 0.15) is 16.1 Å². The molecule has 0 amide bonds. The molecule has 0 spiro atoms. The van der Waals surface area contributed by atoms with E-state index in [4.69, 9.17) is 11.6 Å². The lowest BCUT2D eigenvalue weighted by Gasteiger charge is -2.06. The molecule has 0 unspecified atom stereocenters. The minimum absolute atomic E-state index is 0.158. The van der Waals surface area contributed by atoms with E-state index in [9.17, 15) is 9.90 Å². The first-order valence-corrected chi connectivity index (χ1v) is 6.95. The maximum Gasteiger partial charge on any atom is 0.339 e. The van der Waals surface area contributed by atoms with E-state index in [1.54, 1.807) is 48.3 Å². The molecule has 6 heteroatoms. The molecular weight excluding hydrogens is 302 g/mol. The van der Waals surface area contributed by atoms with Crippen molar-refractivity contribution in [2.75, 3.05) is 0 Å². The molecule has 0 atom stereocenters. The van der Waals surface area contributed by atoms with Crippen LogP contribution in [-0.4, -0.2) is 25.8 Å². The summed E-state index contributed by atoms with van der Waals surface area (Å²) >= 11 is 6.20. The standard InChI is InChI=1S/C16H12ClN3O2/c1-10-14(16(21)22)15(11-6-8-18-9-7-11)19-20(10)13-5-3-2-4-12(13)17/h2-9H,1H3,(H,21,22). The first-order chi connectivity index (χ1) is 10.6. The van der Waals surface area contributed by atoms with Crippen LogP contribution in [0.25, 0.3) is 16.9 Å². The quantitative estimate of drug-likeness (QED) is 0.802. The van der Waals surface area contributed by atoms with Gasteiger partial charge in [0.05, 0.1) is 16.4 Å². The molecule has 3 aromatic rings. The van der Waals surface area contributed by atoms with Crippen LogP contribution >= 0.6 is 11.6 Å². The van der Waals surface area contributed by atoms with E-state index >= 15 is 0 Å². The number of rotatable bonds is 3. The van der Waals surface area contributed by atoms with Gasteiger partial charge < -0.3 is 5.11 Å². The minimum Gasteiger partial charge on any atom is -0.478 e. The summed E-state index contributed by atoms with van der Waals surface area (Å²) in [5.41, 5.74) is 2.41. The summed E-state index contributed by atoms with van der Waals surface area (Å²) in [6, 6.07) is 10.6. The van der Waals surface area contributed by atoms with Gasteiger partial charge in [-0.05, 0) is 31.2 Å². The summed E-state index contributed by atoms with van der Waals surface area (Å²) in [4.78, 5) is 15.6. The van der Waals surface area contributed by atoms with Gasteiger partial charge in [0.1, 0.15) is 11.3 Å². The van der Waals surface area contributed by atoms with Gasteiger partial charge in [-0.15, -0.1) is 0 Å². The minimum atomic E-state index is -1.03. The fraction of sp³-hybridized carbons (Fsp3) is 0.0625. The summed E-state index contributed by atoms with van der Waals surface area (Å²) in [5, 5.41) is 14.5. The number of para-hydroxylation sites is 1. The highest BCUT2D eigenvalue weighted by atomic mass is 35.5. The summed E-state index contributed by atoms with van der Waals surface area (Å²) in [6.07, 6.45) is 3.20. The normalized spacial score (nSPS) is 10.6. The second-order valence-electron chi connectivity index (χ2n) is 4.71. The Morgan fingerprint density at radius 1 is 1.18 bits per heavy atom. The zero-order valence-electron chi connectivity index (χ0n) is 11.7. The summed E-state index contributed by atoms with van der Waals surface area (Å²) < 4.78 is 1.56. The van der Waals surface area contributed by atoms with Gasteiger partial charge in [0.15, 0.2) is 0 Å². The lowest BCUT2D eigenvalue weighted by molar-refractivity contribution is 0.0697. The van der Waals surface area contributed by atoms with Crippen LogP contribution in [0, 0.1) is 6.92 Å². The van der Waals surface area contributed by atoms with Crippen molar-refractivity contribution >= 4 is 17.6 Å². The molecule has 110 valence electrons. The number of nitrogens with zero attached hydrogens (tertiary/aromatic N) is 3. The third-order valence-electron chi connectivity index (χ3n) is 3.36. The van der Waals surface area contributed by atoms with E-state index in [-0.39, 0.29) is 5.56 Å². The molecule has 0 saturated carbocycles. The Hall–Kier alpha value is -2.66. The Labute approximate surface area is 131 Å². The maximum atomic E-state index is 11.6. The third kappa shape index (κ3) is 2.35. The largest absolute Gasteiger partial charge is 0.478 e. The van der Waals surface area contributed by atoms with E-state index < -0.39 is 5.97 Å². The summed E-state index contributed by atoms with van der Waals surface area (Å²) in [6.45, 7) is 1.71. The number of carboxylic acids is 1. The second-order valence-corrected chi connectivity index (χ2v) is 5.12. The van der Waals surface area contributed by atoms with E-state index in [2.05, 4.69) is 10.1 Å². The molecule has 0 saturated heterocycles. The van der Waals surface area contributed by atoms with Crippen LogP contribution in [0.3, 0.4) is 0 Å². The second kappa shape index (κ2) is 5.61. The molecule has 2 heterocycles. The lowest BCUT2D eigenvalue weighted by atomic mass is 10.1. The lowest BCUT2D eigenvalue weighted by Crippen LogP contribution is -2.03. The van der Waals surface area contributed by atoms with Gasteiger partial charge >= 0.3 is 5.97 Å². The van der Waals surface area contributed by atoms with Crippen LogP contribution in [0.2, 0.25) is 5.02 Å². The number of carboxylic acid groups (broad SMARTS) is 1. The molecule has 3 rings (SSSR count). The molecule has 5 nitrogen and oxygen atoms in total. The van der Waals surface area contributed by atoms with Gasteiger partial charge in [-0.3, -0.25) is 4.98 Å². The van der Waals surface area contributed by atoms with Crippen molar-refractivity contribution in [3.8, 4) is 16.9 Å². The van der Waals surface area contributed by atoms with Crippen LogP contribution in [0.15, 0.2) is 48.8 Å². The van der Waals surface area contributed by atoms with Crippen molar-refractivity contribution < 1.29 is 9.90 Å². The Balaban J connectivity index is 2.27. The molecule has 0 aliphatic rings. The monoisotopic (exact) mass is 313 g/mol. The van der Waals surface area contributed by atoms with E-state index in [0.717, 1.165) is 0 Å². The highest BCUT2D eigenvalue weighted by Crippen LogP contribution is 2.29. The number of pyridine rings is 1. The first-order valence-electron chi connectivity index (χ1n) is 6.58. The van der Waals surface area contributed by atoms with E-state index in [1.807, 2.05) is 12.1 Å². The molecule has 1 aromatic carbocycles. The third-order valence-corrected chi connectivity index (χ3v) is 3.68.